The lowest BCUT2D eigenvalue weighted by Crippen LogP contribution is -2.30. The molecule has 0 aliphatic carbocycles. The van der Waals surface area contributed by atoms with E-state index in [2.05, 4.69) is 128 Å². The van der Waals surface area contributed by atoms with Crippen molar-refractivity contribution in [2.75, 3.05) is 0 Å². The second-order valence-electron chi connectivity index (χ2n) is 6.84. The zero-order valence-electron chi connectivity index (χ0n) is 16.2. The first-order chi connectivity index (χ1) is 13.9. The fourth-order valence-electron chi connectivity index (χ4n) is 4.14. The van der Waals surface area contributed by atoms with Crippen LogP contribution in [-0.2, 0) is 0 Å². The Bertz CT molecular complexity index is 963. The van der Waals surface area contributed by atoms with E-state index < -0.39 is 6.89 Å². The monoisotopic (exact) mass is 380 g/mol. The Balaban J connectivity index is 2.25. The molecule has 0 aliphatic heterocycles. The van der Waals surface area contributed by atoms with Gasteiger partial charge in [-0.2, -0.15) is 0 Å². The van der Waals surface area contributed by atoms with Crippen molar-refractivity contribution < 1.29 is 0 Å². The predicted molar refractivity (Wildman–Crippen MR) is 126 cm³/mol. The zero-order chi connectivity index (χ0) is 19.2. The van der Waals surface area contributed by atoms with E-state index in [4.69, 9.17) is 0 Å². The molecule has 0 aromatic heterocycles. The van der Waals surface area contributed by atoms with Gasteiger partial charge in [-0.3, -0.25) is 0 Å². The van der Waals surface area contributed by atoms with Gasteiger partial charge in [0.05, 0.1) is 0 Å². The van der Waals surface area contributed by atoms with Crippen molar-refractivity contribution in [1.82, 2.24) is 0 Å². The maximum Gasteiger partial charge on any atom is -0.0158 e. The SMILES string of the molecule is CCC(c1ccccc1)=P(c1ccccc1)(c1ccccc1)c1ccccc1. The van der Waals surface area contributed by atoms with E-state index in [9.17, 15) is 0 Å². The molecule has 4 rings (SSSR count). The standard InChI is InChI=1S/C27H25P/c1-2-27(23-15-7-3-8-16-23)28(24-17-9-4-10-18-24,25-19-11-5-12-20-25)26-21-13-6-14-22-26/h3-22H,2H2,1H3. The molecule has 0 nitrogen and oxygen atoms in total. The largest absolute Gasteiger partial charge is 0.0622 e. The van der Waals surface area contributed by atoms with E-state index >= 15 is 0 Å². The molecule has 138 valence electrons. The molecule has 28 heavy (non-hydrogen) atoms. The molecule has 0 spiro atoms. The van der Waals surface area contributed by atoms with Crippen LogP contribution in [0.2, 0.25) is 0 Å². The van der Waals surface area contributed by atoms with Crippen LogP contribution in [0.25, 0.3) is 0 Å². The first kappa shape index (κ1) is 18.5. The molecule has 1 heteroatoms. The molecular formula is C27H25P. The molecule has 0 heterocycles. The molecule has 0 bridgehead atoms. The summed E-state index contributed by atoms with van der Waals surface area (Å²) in [4.78, 5) is 0. The summed E-state index contributed by atoms with van der Waals surface area (Å²) in [6.07, 6.45) is 1.01. The van der Waals surface area contributed by atoms with Crippen molar-refractivity contribution >= 4 is 28.1 Å². The lowest BCUT2D eigenvalue weighted by molar-refractivity contribution is 1.31. The summed E-state index contributed by atoms with van der Waals surface area (Å²) < 4.78 is 0. The normalized spacial score (nSPS) is 11.2. The molecular weight excluding hydrogens is 355 g/mol. The molecule has 0 amide bonds. The summed E-state index contributed by atoms with van der Waals surface area (Å²) in [5.74, 6) is 0. The summed E-state index contributed by atoms with van der Waals surface area (Å²) >= 11 is 0. The molecule has 0 aliphatic rings. The Kier molecular flexibility index (Phi) is 5.60. The lowest BCUT2D eigenvalue weighted by atomic mass is 10.1. The van der Waals surface area contributed by atoms with E-state index in [1.165, 1.54) is 26.8 Å². The highest BCUT2D eigenvalue weighted by atomic mass is 31.2. The van der Waals surface area contributed by atoms with E-state index in [0.29, 0.717) is 0 Å². The van der Waals surface area contributed by atoms with Crippen LogP contribution in [0.4, 0.5) is 0 Å². The van der Waals surface area contributed by atoms with E-state index in [0.717, 1.165) is 6.42 Å². The second kappa shape index (κ2) is 8.46. The minimum absolute atomic E-state index is 1.01. The maximum atomic E-state index is 2.31. The van der Waals surface area contributed by atoms with Crippen LogP contribution < -0.4 is 15.9 Å². The van der Waals surface area contributed by atoms with Crippen LogP contribution >= 0.6 is 6.89 Å². The molecule has 0 atom stereocenters. The minimum Gasteiger partial charge on any atom is -0.0622 e. The van der Waals surface area contributed by atoms with Crippen LogP contribution in [0.5, 0.6) is 0 Å². The van der Waals surface area contributed by atoms with Crippen molar-refractivity contribution in [3.8, 4) is 0 Å². The highest BCUT2D eigenvalue weighted by molar-refractivity contribution is 7.95. The molecule has 0 fully saturated rings. The first-order valence-corrected chi connectivity index (χ1v) is 11.6. The van der Waals surface area contributed by atoms with Gasteiger partial charge in [0, 0.05) is 0 Å². The molecule has 0 saturated carbocycles. The van der Waals surface area contributed by atoms with Crippen LogP contribution in [0.1, 0.15) is 18.9 Å². The van der Waals surface area contributed by atoms with E-state index in [1.807, 2.05) is 0 Å². The highest BCUT2D eigenvalue weighted by Gasteiger charge is 2.29. The first-order valence-electron chi connectivity index (χ1n) is 9.85. The Hall–Kier alpha value is -2.82. The fraction of sp³-hybridized carbons (Fsp3) is 0.0741. The van der Waals surface area contributed by atoms with Crippen molar-refractivity contribution in [3.05, 3.63) is 127 Å². The molecule has 0 saturated heterocycles. The topological polar surface area (TPSA) is 0 Å². The van der Waals surface area contributed by atoms with E-state index in [-0.39, 0.29) is 0 Å². The summed E-state index contributed by atoms with van der Waals surface area (Å²) in [6, 6.07) is 44.2. The fourth-order valence-corrected chi connectivity index (χ4v) is 8.83. The lowest BCUT2D eigenvalue weighted by Gasteiger charge is -2.33. The summed E-state index contributed by atoms with van der Waals surface area (Å²) in [5.41, 5.74) is 1.34. The number of rotatable bonds is 5. The predicted octanol–water partition coefficient (Wildman–Crippen LogP) is 5.61. The number of hydrogen-bond acceptors (Lipinski definition) is 0. The Morgan fingerprint density at radius 2 is 0.821 bits per heavy atom. The van der Waals surface area contributed by atoms with Gasteiger partial charge >= 0.3 is 0 Å². The summed E-state index contributed by atoms with van der Waals surface area (Å²) in [7, 11) is 0. The smallest absolute Gasteiger partial charge is 0.0158 e. The van der Waals surface area contributed by atoms with Crippen LogP contribution in [0.15, 0.2) is 121 Å². The minimum atomic E-state index is -1.97. The van der Waals surface area contributed by atoms with Gasteiger partial charge in [0.25, 0.3) is 0 Å². The Morgan fingerprint density at radius 3 is 1.14 bits per heavy atom. The molecule has 0 radical (unpaired) electrons. The quantitative estimate of drug-likeness (QED) is 0.395. The summed E-state index contributed by atoms with van der Waals surface area (Å²) in [5, 5.41) is 5.76. The average molecular weight is 380 g/mol. The van der Waals surface area contributed by atoms with Crippen molar-refractivity contribution in [3.63, 3.8) is 0 Å². The van der Waals surface area contributed by atoms with Gasteiger partial charge in [-0.05, 0) is 40.1 Å². The van der Waals surface area contributed by atoms with Crippen LogP contribution in [0.3, 0.4) is 0 Å². The van der Waals surface area contributed by atoms with Crippen molar-refractivity contribution in [2.24, 2.45) is 0 Å². The Labute approximate surface area is 168 Å². The van der Waals surface area contributed by atoms with Gasteiger partial charge in [0.15, 0.2) is 0 Å². The number of hydrogen-bond donors (Lipinski definition) is 0. The Morgan fingerprint density at radius 1 is 0.500 bits per heavy atom. The third-order valence-corrected chi connectivity index (χ3v) is 9.88. The summed E-state index contributed by atoms with van der Waals surface area (Å²) in [6.45, 7) is 0.329. The molecule has 0 N–H and O–H groups in total. The number of benzene rings is 4. The van der Waals surface area contributed by atoms with Crippen molar-refractivity contribution in [2.45, 2.75) is 13.3 Å². The van der Waals surface area contributed by atoms with Gasteiger partial charge in [-0.25, -0.2) is 0 Å². The molecule has 0 unspecified atom stereocenters. The maximum absolute atomic E-state index is 2.31. The third kappa shape index (κ3) is 3.26. The average Bonchev–Trinajstić information content (AvgIpc) is 2.80. The van der Waals surface area contributed by atoms with Crippen LogP contribution in [-0.4, -0.2) is 5.29 Å². The highest BCUT2D eigenvalue weighted by Crippen LogP contribution is 2.48. The molecule has 4 aromatic carbocycles. The van der Waals surface area contributed by atoms with Gasteiger partial charge in [0.1, 0.15) is 0 Å². The van der Waals surface area contributed by atoms with Crippen LogP contribution in [0, 0.1) is 0 Å². The van der Waals surface area contributed by atoms with Gasteiger partial charge in [-0.1, -0.05) is 128 Å². The zero-order valence-corrected chi connectivity index (χ0v) is 17.1. The third-order valence-electron chi connectivity index (χ3n) is 5.28. The van der Waals surface area contributed by atoms with Gasteiger partial charge < -0.3 is 0 Å². The second-order valence-corrected chi connectivity index (χ2v) is 10.3. The molecule has 4 aromatic rings. The van der Waals surface area contributed by atoms with Gasteiger partial charge in [0.2, 0.25) is 0 Å². The van der Waals surface area contributed by atoms with Crippen molar-refractivity contribution in [1.29, 1.82) is 0 Å². The van der Waals surface area contributed by atoms with E-state index in [1.54, 1.807) is 0 Å². The van der Waals surface area contributed by atoms with Gasteiger partial charge in [-0.15, -0.1) is 0 Å².